The van der Waals surface area contributed by atoms with Gasteiger partial charge in [0.1, 0.15) is 5.75 Å². The Morgan fingerprint density at radius 3 is 2.65 bits per heavy atom. The molecular formula is C21H23N3O2. The third-order valence-corrected chi connectivity index (χ3v) is 4.12. The fourth-order valence-electron chi connectivity index (χ4n) is 2.79. The van der Waals surface area contributed by atoms with Crippen molar-refractivity contribution in [1.29, 1.82) is 0 Å². The highest BCUT2D eigenvalue weighted by atomic mass is 16.5. The van der Waals surface area contributed by atoms with Crippen molar-refractivity contribution in [3.8, 4) is 5.75 Å². The van der Waals surface area contributed by atoms with E-state index in [2.05, 4.69) is 41.1 Å². The summed E-state index contributed by atoms with van der Waals surface area (Å²) in [4.78, 5) is 12.2. The number of aromatic nitrogens is 1. The van der Waals surface area contributed by atoms with Gasteiger partial charge >= 0.3 is 0 Å². The normalized spacial score (nSPS) is 11.2. The molecule has 0 spiro atoms. The Labute approximate surface area is 153 Å². The molecule has 0 aliphatic carbocycles. The second-order valence-electron chi connectivity index (χ2n) is 5.96. The van der Waals surface area contributed by atoms with E-state index in [4.69, 9.17) is 4.74 Å². The van der Waals surface area contributed by atoms with Crippen molar-refractivity contribution < 1.29 is 9.53 Å². The maximum atomic E-state index is 12.2. The summed E-state index contributed by atoms with van der Waals surface area (Å²) >= 11 is 0. The predicted octanol–water partition coefficient (Wildman–Crippen LogP) is 4.21. The Kier molecular flexibility index (Phi) is 5.69. The monoisotopic (exact) mass is 349 g/mol. The number of aryl methyl sites for hydroxylation is 1. The second kappa shape index (κ2) is 8.34. The molecule has 0 saturated heterocycles. The first-order valence-corrected chi connectivity index (χ1v) is 8.87. The first-order chi connectivity index (χ1) is 12.7. The zero-order valence-corrected chi connectivity index (χ0v) is 15.1. The molecule has 5 nitrogen and oxygen atoms in total. The molecule has 0 bridgehead atoms. The average Bonchev–Trinajstić information content (AvgIpc) is 3.05. The van der Waals surface area contributed by atoms with Crippen LogP contribution in [0, 0.1) is 0 Å². The van der Waals surface area contributed by atoms with Crippen LogP contribution in [0.5, 0.6) is 5.75 Å². The van der Waals surface area contributed by atoms with E-state index in [9.17, 15) is 4.79 Å². The highest BCUT2D eigenvalue weighted by molar-refractivity contribution is 6.00. The molecule has 1 N–H and O–H groups in total. The summed E-state index contributed by atoms with van der Waals surface area (Å²) in [5, 5.41) is 5.23. The number of fused-ring (bicyclic) bond motifs is 1. The van der Waals surface area contributed by atoms with Crippen molar-refractivity contribution in [1.82, 2.24) is 9.99 Å². The lowest BCUT2D eigenvalue weighted by Gasteiger charge is -2.05. The van der Waals surface area contributed by atoms with Crippen LogP contribution in [0.4, 0.5) is 0 Å². The first kappa shape index (κ1) is 17.7. The molecule has 0 fully saturated rings. The number of nitrogens with one attached hydrogen (secondary N) is 1. The Morgan fingerprint density at radius 2 is 1.92 bits per heavy atom. The SMILES string of the molecule is CCCOc1ccc(C(=O)N/N=C/c2cn(CC)c3ccccc23)cc1. The number of carbonyl (C=O) groups excluding carboxylic acids is 1. The van der Waals surface area contributed by atoms with Crippen molar-refractivity contribution in [2.24, 2.45) is 5.10 Å². The van der Waals surface area contributed by atoms with E-state index in [0.29, 0.717) is 12.2 Å². The van der Waals surface area contributed by atoms with Gasteiger partial charge in [-0.1, -0.05) is 25.1 Å². The molecule has 1 amide bonds. The maximum Gasteiger partial charge on any atom is 0.271 e. The van der Waals surface area contributed by atoms with Gasteiger partial charge in [0, 0.05) is 34.8 Å². The number of amides is 1. The molecule has 1 heterocycles. The number of benzene rings is 2. The zero-order chi connectivity index (χ0) is 18.4. The van der Waals surface area contributed by atoms with E-state index in [-0.39, 0.29) is 5.91 Å². The molecule has 0 aliphatic rings. The van der Waals surface area contributed by atoms with Crippen LogP contribution in [0.2, 0.25) is 0 Å². The van der Waals surface area contributed by atoms with Crippen LogP contribution in [0.25, 0.3) is 10.9 Å². The van der Waals surface area contributed by atoms with Crippen LogP contribution < -0.4 is 10.2 Å². The summed E-state index contributed by atoms with van der Waals surface area (Å²) in [7, 11) is 0. The molecule has 2 aromatic carbocycles. The van der Waals surface area contributed by atoms with Crippen molar-refractivity contribution >= 4 is 23.0 Å². The molecule has 26 heavy (non-hydrogen) atoms. The molecule has 0 unspecified atom stereocenters. The van der Waals surface area contributed by atoms with Gasteiger partial charge in [0.15, 0.2) is 0 Å². The number of hydrogen-bond donors (Lipinski definition) is 1. The summed E-state index contributed by atoms with van der Waals surface area (Å²) in [6.07, 6.45) is 4.68. The van der Waals surface area contributed by atoms with Gasteiger partial charge in [-0.3, -0.25) is 4.79 Å². The fourth-order valence-corrected chi connectivity index (χ4v) is 2.79. The summed E-state index contributed by atoms with van der Waals surface area (Å²) < 4.78 is 7.68. The number of hydrazone groups is 1. The van der Waals surface area contributed by atoms with Gasteiger partial charge in [-0.2, -0.15) is 5.10 Å². The van der Waals surface area contributed by atoms with Gasteiger partial charge in [0.05, 0.1) is 12.8 Å². The van der Waals surface area contributed by atoms with Gasteiger partial charge in [-0.15, -0.1) is 0 Å². The average molecular weight is 349 g/mol. The summed E-state index contributed by atoms with van der Waals surface area (Å²) in [5.41, 5.74) is 5.26. The number of carbonyl (C=O) groups is 1. The van der Waals surface area contributed by atoms with Gasteiger partial charge in [-0.25, -0.2) is 5.43 Å². The van der Waals surface area contributed by atoms with E-state index >= 15 is 0 Å². The molecule has 1 aromatic heterocycles. The van der Waals surface area contributed by atoms with Gasteiger partial charge < -0.3 is 9.30 Å². The molecule has 3 rings (SSSR count). The standard InChI is InChI=1S/C21H23N3O2/c1-3-13-26-18-11-9-16(10-12-18)21(25)23-22-14-17-15-24(4-2)20-8-6-5-7-19(17)20/h5-12,14-15H,3-4,13H2,1-2H3,(H,23,25)/b22-14+. The highest BCUT2D eigenvalue weighted by Gasteiger charge is 2.06. The van der Waals surface area contributed by atoms with Crippen LogP contribution in [0.15, 0.2) is 59.8 Å². The second-order valence-corrected chi connectivity index (χ2v) is 5.96. The number of para-hydroxylation sites is 1. The molecule has 0 atom stereocenters. The van der Waals surface area contributed by atoms with Gasteiger partial charge in [0.25, 0.3) is 5.91 Å². The minimum atomic E-state index is -0.248. The Morgan fingerprint density at radius 1 is 1.15 bits per heavy atom. The van der Waals surface area contributed by atoms with Crippen molar-refractivity contribution in [3.05, 3.63) is 65.9 Å². The highest BCUT2D eigenvalue weighted by Crippen LogP contribution is 2.19. The minimum absolute atomic E-state index is 0.248. The van der Waals surface area contributed by atoms with E-state index < -0.39 is 0 Å². The van der Waals surface area contributed by atoms with E-state index in [0.717, 1.165) is 35.2 Å². The minimum Gasteiger partial charge on any atom is -0.494 e. The third-order valence-electron chi connectivity index (χ3n) is 4.12. The Balaban J connectivity index is 1.68. The summed E-state index contributed by atoms with van der Waals surface area (Å²) in [5.74, 6) is 0.516. The van der Waals surface area contributed by atoms with E-state index in [1.165, 1.54) is 0 Å². The first-order valence-electron chi connectivity index (χ1n) is 8.87. The number of rotatable bonds is 7. The fraction of sp³-hybridized carbons (Fsp3) is 0.238. The molecule has 0 radical (unpaired) electrons. The molecule has 0 aliphatic heterocycles. The van der Waals surface area contributed by atoms with Crippen molar-refractivity contribution in [2.45, 2.75) is 26.8 Å². The molecular weight excluding hydrogens is 326 g/mol. The quantitative estimate of drug-likeness (QED) is 0.513. The zero-order valence-electron chi connectivity index (χ0n) is 15.1. The molecule has 5 heteroatoms. The Hall–Kier alpha value is -3.08. The van der Waals surface area contributed by atoms with Crippen LogP contribution in [-0.4, -0.2) is 23.3 Å². The largest absolute Gasteiger partial charge is 0.494 e. The number of nitrogens with zero attached hydrogens (tertiary/aromatic N) is 2. The maximum absolute atomic E-state index is 12.2. The lowest BCUT2D eigenvalue weighted by Crippen LogP contribution is -2.17. The van der Waals surface area contributed by atoms with Crippen molar-refractivity contribution in [3.63, 3.8) is 0 Å². The van der Waals surface area contributed by atoms with Crippen LogP contribution >= 0.6 is 0 Å². The third kappa shape index (κ3) is 3.94. The van der Waals surface area contributed by atoms with Crippen LogP contribution in [0.3, 0.4) is 0 Å². The predicted molar refractivity (Wildman–Crippen MR) is 105 cm³/mol. The van der Waals surface area contributed by atoms with E-state index in [1.54, 1.807) is 30.5 Å². The molecule has 3 aromatic rings. The number of hydrogen-bond acceptors (Lipinski definition) is 3. The lowest BCUT2D eigenvalue weighted by atomic mass is 10.2. The Bertz CT molecular complexity index is 911. The van der Waals surface area contributed by atoms with E-state index in [1.807, 2.05) is 18.3 Å². The van der Waals surface area contributed by atoms with Gasteiger partial charge in [0.2, 0.25) is 0 Å². The number of ether oxygens (including phenoxy) is 1. The van der Waals surface area contributed by atoms with Crippen LogP contribution in [0.1, 0.15) is 36.2 Å². The summed E-state index contributed by atoms with van der Waals surface area (Å²) in [6.45, 7) is 5.70. The van der Waals surface area contributed by atoms with Crippen molar-refractivity contribution in [2.75, 3.05) is 6.61 Å². The molecule has 0 saturated carbocycles. The summed E-state index contributed by atoms with van der Waals surface area (Å²) in [6, 6.07) is 15.2. The lowest BCUT2D eigenvalue weighted by molar-refractivity contribution is 0.0955. The smallest absolute Gasteiger partial charge is 0.271 e. The molecule has 134 valence electrons. The van der Waals surface area contributed by atoms with Crippen LogP contribution in [-0.2, 0) is 6.54 Å². The topological polar surface area (TPSA) is 55.6 Å². The van der Waals surface area contributed by atoms with Gasteiger partial charge in [-0.05, 0) is 43.7 Å².